The molecular weight excluding hydrogens is 563 g/mol. The Morgan fingerprint density at radius 2 is 1.50 bits per heavy atom. The number of ether oxygens (including phenoxy) is 1. The average Bonchev–Trinajstić information content (AvgIpc) is 2.84. The minimum Gasteiger partial charge on any atom is -0.438 e. The normalized spacial score (nSPS) is 11.4. The van der Waals surface area contributed by atoms with Crippen molar-refractivity contribution >= 4 is 89.5 Å². The van der Waals surface area contributed by atoms with Crippen molar-refractivity contribution in [2.75, 3.05) is 83.0 Å². The maximum absolute atomic E-state index is 11.6. The molecule has 0 unspecified atom stereocenters. The maximum Gasteiger partial charge on any atom is 0.408 e. The van der Waals surface area contributed by atoms with E-state index in [1.165, 1.54) is 12.8 Å². The minimum atomic E-state index is -0.408. The number of alkyl carbamates (subject to hydrolysis) is 1. The smallest absolute Gasteiger partial charge is 0.408 e. The first-order valence-electron chi connectivity index (χ1n) is 10.3. The number of amides is 1. The molecule has 200 valence electrons. The zero-order valence-corrected chi connectivity index (χ0v) is 24.2. The van der Waals surface area contributed by atoms with E-state index in [1.54, 1.807) is 70.6 Å². The van der Waals surface area contributed by atoms with Gasteiger partial charge < -0.3 is 24.9 Å². The molecule has 0 rings (SSSR count). The number of nitrogens with zero attached hydrogens (tertiary/aromatic N) is 2. The van der Waals surface area contributed by atoms with E-state index in [0.717, 1.165) is 34.5 Å². The standard InChI is InChI=1S/C18H35N3O7S6/c1-2-29-13-19-12-27-28-17-34-10-9-33-16-24-18(23)21-15-32-8-7-31-14-20-11-26-25-4-6-30-5-3-22/h11-12,22H,2-10,13-17H2,1H3,(H,21,23)/b19-12+,20-11+. The van der Waals surface area contributed by atoms with Gasteiger partial charge in [-0.2, -0.15) is 21.5 Å². The van der Waals surface area contributed by atoms with Crippen LogP contribution in [0.3, 0.4) is 0 Å². The maximum atomic E-state index is 11.6. The van der Waals surface area contributed by atoms with Gasteiger partial charge in [-0.05, 0) is 5.75 Å². The fourth-order valence-electron chi connectivity index (χ4n) is 1.50. The van der Waals surface area contributed by atoms with Crippen LogP contribution in [-0.2, 0) is 24.3 Å². The van der Waals surface area contributed by atoms with Crippen LogP contribution in [0, 0.1) is 0 Å². The summed E-state index contributed by atoms with van der Waals surface area (Å²) >= 11 is 9.70. The number of rotatable bonds is 26. The van der Waals surface area contributed by atoms with Crippen molar-refractivity contribution in [1.82, 2.24) is 5.32 Å². The van der Waals surface area contributed by atoms with E-state index in [-0.39, 0.29) is 6.61 Å². The van der Waals surface area contributed by atoms with Crippen LogP contribution >= 0.6 is 70.6 Å². The number of carbonyl (C=O) groups excluding carboxylic acids is 1. The van der Waals surface area contributed by atoms with E-state index < -0.39 is 6.09 Å². The van der Waals surface area contributed by atoms with Crippen LogP contribution in [0.2, 0.25) is 0 Å². The van der Waals surface area contributed by atoms with Crippen molar-refractivity contribution in [3.05, 3.63) is 0 Å². The Morgan fingerprint density at radius 3 is 2.26 bits per heavy atom. The van der Waals surface area contributed by atoms with Gasteiger partial charge in [-0.15, -0.1) is 58.8 Å². The lowest BCUT2D eigenvalue weighted by molar-refractivity contribution is -0.210. The van der Waals surface area contributed by atoms with Crippen LogP contribution in [-0.4, -0.2) is 107 Å². The zero-order chi connectivity index (χ0) is 24.8. The summed E-state index contributed by atoms with van der Waals surface area (Å²) in [6, 6.07) is 0. The van der Waals surface area contributed by atoms with Crippen molar-refractivity contribution in [2.24, 2.45) is 9.98 Å². The highest BCUT2D eigenvalue weighted by atomic mass is 32.2. The molecule has 0 radical (unpaired) electrons. The number of aliphatic hydroxyl groups excluding tert-OH is 1. The van der Waals surface area contributed by atoms with Gasteiger partial charge in [-0.25, -0.2) is 14.8 Å². The molecule has 0 saturated heterocycles. The quantitative estimate of drug-likeness (QED) is 0.0375. The molecule has 34 heavy (non-hydrogen) atoms. The second-order valence-electron chi connectivity index (χ2n) is 5.42. The van der Waals surface area contributed by atoms with Crippen molar-refractivity contribution in [2.45, 2.75) is 6.92 Å². The fourth-order valence-corrected chi connectivity index (χ4v) is 5.46. The predicted octanol–water partition coefficient (Wildman–Crippen LogP) is 3.86. The van der Waals surface area contributed by atoms with Gasteiger partial charge in [0.05, 0.1) is 24.2 Å². The van der Waals surface area contributed by atoms with E-state index in [2.05, 4.69) is 22.2 Å². The van der Waals surface area contributed by atoms with Gasteiger partial charge in [0.1, 0.15) is 18.5 Å². The number of hydrogen-bond acceptors (Lipinski definition) is 15. The van der Waals surface area contributed by atoms with Crippen molar-refractivity contribution in [3.63, 3.8) is 0 Å². The van der Waals surface area contributed by atoms with Crippen LogP contribution in [0.1, 0.15) is 6.92 Å². The molecule has 0 heterocycles. The second-order valence-corrected chi connectivity index (χ2v) is 12.2. The highest BCUT2D eigenvalue weighted by Gasteiger charge is 2.01. The molecule has 0 aliphatic rings. The summed E-state index contributed by atoms with van der Waals surface area (Å²) in [6.07, 6.45) is 2.20. The summed E-state index contributed by atoms with van der Waals surface area (Å²) in [4.78, 5) is 39.1. The number of hydrogen-bond donors (Lipinski definition) is 2. The third kappa shape index (κ3) is 30.2. The largest absolute Gasteiger partial charge is 0.438 e. The van der Waals surface area contributed by atoms with Gasteiger partial charge in [0.2, 0.25) is 12.8 Å². The van der Waals surface area contributed by atoms with E-state index in [0.29, 0.717) is 41.9 Å². The summed E-state index contributed by atoms with van der Waals surface area (Å²) in [5.41, 5.74) is 0. The Kier molecular flexibility index (Phi) is 31.4. The lowest BCUT2D eigenvalue weighted by Crippen LogP contribution is -2.24. The predicted molar refractivity (Wildman–Crippen MR) is 153 cm³/mol. The number of aliphatic hydroxyl groups is 1. The molecule has 0 aromatic heterocycles. The molecule has 0 spiro atoms. The van der Waals surface area contributed by atoms with Crippen LogP contribution in [0.4, 0.5) is 4.79 Å². The third-order valence-electron chi connectivity index (χ3n) is 2.92. The van der Waals surface area contributed by atoms with E-state index in [9.17, 15) is 4.79 Å². The van der Waals surface area contributed by atoms with E-state index in [4.69, 9.17) is 29.4 Å². The highest BCUT2D eigenvalue weighted by molar-refractivity contribution is 8.03. The van der Waals surface area contributed by atoms with Gasteiger partial charge >= 0.3 is 6.09 Å². The SMILES string of the molecule is CCSC/N=C/OOCSCCSCOC(=O)NCSCCSC/N=C/OOCCSCCO. The summed E-state index contributed by atoms with van der Waals surface area (Å²) < 4.78 is 5.11. The lowest BCUT2D eigenvalue weighted by Gasteiger charge is -2.06. The summed E-state index contributed by atoms with van der Waals surface area (Å²) in [6.45, 7) is 2.70. The van der Waals surface area contributed by atoms with E-state index in [1.807, 2.05) is 0 Å². The number of nitrogens with one attached hydrogen (secondary N) is 1. The Balaban J connectivity index is 3.23. The molecule has 0 aromatic rings. The van der Waals surface area contributed by atoms with Gasteiger partial charge in [0.25, 0.3) is 0 Å². The molecule has 10 nitrogen and oxygen atoms in total. The molecule has 1 amide bonds. The monoisotopic (exact) mass is 597 g/mol. The zero-order valence-electron chi connectivity index (χ0n) is 19.3. The third-order valence-corrected chi connectivity index (χ3v) is 8.30. The molecule has 0 fully saturated rings. The van der Waals surface area contributed by atoms with Gasteiger partial charge in [-0.1, -0.05) is 6.92 Å². The summed E-state index contributed by atoms with van der Waals surface area (Å²) in [7, 11) is 0. The van der Waals surface area contributed by atoms with Crippen molar-refractivity contribution < 1.29 is 34.2 Å². The number of aliphatic imine (C=N–C) groups is 2. The molecule has 16 heteroatoms. The first-order chi connectivity index (χ1) is 16.8. The summed E-state index contributed by atoms with van der Waals surface area (Å²) in [5.74, 6) is 8.49. The van der Waals surface area contributed by atoms with Gasteiger partial charge in [0, 0.05) is 34.5 Å². The molecular formula is C18H35N3O7S6. The van der Waals surface area contributed by atoms with Gasteiger partial charge in [-0.3, -0.25) is 0 Å². The van der Waals surface area contributed by atoms with Gasteiger partial charge in [0.15, 0.2) is 0 Å². The van der Waals surface area contributed by atoms with E-state index >= 15 is 0 Å². The number of thioether (sulfide) groups is 6. The molecule has 0 aliphatic carbocycles. The molecule has 0 bridgehead atoms. The Morgan fingerprint density at radius 1 is 0.824 bits per heavy atom. The Bertz CT molecular complexity index is 499. The van der Waals surface area contributed by atoms with Crippen LogP contribution in [0.15, 0.2) is 9.98 Å². The minimum absolute atomic E-state index is 0.172. The van der Waals surface area contributed by atoms with Crippen molar-refractivity contribution in [1.29, 1.82) is 0 Å². The van der Waals surface area contributed by atoms with Crippen LogP contribution in [0.25, 0.3) is 0 Å². The number of carbonyl (C=O) groups is 1. The Hall–Kier alpha value is 0.190. The van der Waals surface area contributed by atoms with Crippen LogP contribution < -0.4 is 5.32 Å². The Labute approximate surface area is 227 Å². The molecule has 0 aliphatic heterocycles. The van der Waals surface area contributed by atoms with Crippen molar-refractivity contribution in [3.8, 4) is 0 Å². The first kappa shape index (κ1) is 34.2. The topological polar surface area (TPSA) is 120 Å². The van der Waals surface area contributed by atoms with Crippen LogP contribution in [0.5, 0.6) is 0 Å². The average molecular weight is 598 g/mol. The molecule has 0 atom stereocenters. The molecule has 0 aromatic carbocycles. The highest BCUT2D eigenvalue weighted by Crippen LogP contribution is 2.09. The lowest BCUT2D eigenvalue weighted by atomic mass is 10.9. The summed E-state index contributed by atoms with van der Waals surface area (Å²) in [5, 5.41) is 11.3. The molecule has 2 N–H and O–H groups in total. The second kappa shape index (κ2) is 31.2. The first-order valence-corrected chi connectivity index (χ1v) is 17.2. The fraction of sp³-hybridized carbons (Fsp3) is 0.833. The molecule has 0 saturated carbocycles.